The normalized spacial score (nSPS) is 19.6. The zero-order chi connectivity index (χ0) is 12.4. The maximum Gasteiger partial charge on any atom is 0.321 e. The number of benzene rings is 1. The molecule has 0 aliphatic carbocycles. The van der Waals surface area contributed by atoms with Gasteiger partial charge in [0, 0.05) is 0 Å². The van der Waals surface area contributed by atoms with E-state index in [0.29, 0.717) is 0 Å². The third-order valence-corrected chi connectivity index (χ3v) is 2.52. The van der Waals surface area contributed by atoms with Crippen molar-refractivity contribution in [2.24, 2.45) is 0 Å². The van der Waals surface area contributed by atoms with Gasteiger partial charge in [-0.15, -0.1) is 0 Å². The van der Waals surface area contributed by atoms with E-state index >= 15 is 0 Å². The molecule has 1 aromatic rings. The predicted octanol–water partition coefficient (Wildman–Crippen LogP) is 2.03. The highest BCUT2D eigenvalue weighted by Gasteiger charge is 2.34. The van der Waals surface area contributed by atoms with Crippen LogP contribution in [0.2, 0.25) is 0 Å². The highest BCUT2D eigenvalue weighted by atomic mass is 16.6. The Kier molecular flexibility index (Phi) is 3.13. The van der Waals surface area contributed by atoms with Gasteiger partial charge in [0.05, 0.1) is 18.4 Å². The van der Waals surface area contributed by atoms with E-state index < -0.39 is 17.9 Å². The molecule has 1 aliphatic rings. The molecule has 1 aromatic carbocycles. The molecule has 1 atom stereocenters. The SMILES string of the molecule is CC(C)Oc1ccc(C2CC(=O)OC2=O)cc1. The lowest BCUT2D eigenvalue weighted by Crippen LogP contribution is -2.07. The Labute approximate surface area is 99.5 Å². The summed E-state index contributed by atoms with van der Waals surface area (Å²) in [7, 11) is 0. The van der Waals surface area contributed by atoms with Gasteiger partial charge in [-0.3, -0.25) is 9.59 Å². The zero-order valence-electron chi connectivity index (χ0n) is 9.80. The smallest absolute Gasteiger partial charge is 0.321 e. The average molecular weight is 234 g/mol. The zero-order valence-corrected chi connectivity index (χ0v) is 9.80. The summed E-state index contributed by atoms with van der Waals surface area (Å²) in [5, 5.41) is 0. The van der Waals surface area contributed by atoms with E-state index in [4.69, 9.17) is 4.74 Å². The summed E-state index contributed by atoms with van der Waals surface area (Å²) < 4.78 is 10.0. The van der Waals surface area contributed by atoms with Crippen molar-refractivity contribution in [3.05, 3.63) is 29.8 Å². The molecule has 1 aliphatic heterocycles. The summed E-state index contributed by atoms with van der Waals surface area (Å²) in [6, 6.07) is 7.18. The number of hydrogen-bond acceptors (Lipinski definition) is 4. The lowest BCUT2D eigenvalue weighted by Gasteiger charge is -2.11. The highest BCUT2D eigenvalue weighted by Crippen LogP contribution is 2.28. The van der Waals surface area contributed by atoms with Gasteiger partial charge >= 0.3 is 11.9 Å². The first-order valence-corrected chi connectivity index (χ1v) is 5.57. The lowest BCUT2D eigenvalue weighted by molar-refractivity contribution is -0.152. The van der Waals surface area contributed by atoms with Crippen LogP contribution in [-0.4, -0.2) is 18.0 Å². The molecule has 1 fully saturated rings. The number of ether oxygens (including phenoxy) is 2. The molecule has 0 spiro atoms. The Bertz CT molecular complexity index is 433. The monoisotopic (exact) mass is 234 g/mol. The molecule has 2 rings (SSSR count). The fourth-order valence-electron chi connectivity index (χ4n) is 1.78. The van der Waals surface area contributed by atoms with Gasteiger partial charge < -0.3 is 9.47 Å². The number of hydrogen-bond donors (Lipinski definition) is 0. The van der Waals surface area contributed by atoms with E-state index in [0.717, 1.165) is 11.3 Å². The minimum absolute atomic E-state index is 0.110. The molecule has 0 saturated carbocycles. The van der Waals surface area contributed by atoms with Gasteiger partial charge in [0.1, 0.15) is 5.75 Å². The van der Waals surface area contributed by atoms with Gasteiger partial charge in [0.15, 0.2) is 0 Å². The maximum absolute atomic E-state index is 11.4. The topological polar surface area (TPSA) is 52.6 Å². The molecule has 0 N–H and O–H groups in total. The molecule has 1 heterocycles. The number of carbonyl (C=O) groups is 2. The highest BCUT2D eigenvalue weighted by molar-refractivity contribution is 5.97. The Morgan fingerprint density at radius 3 is 2.35 bits per heavy atom. The van der Waals surface area contributed by atoms with Crippen LogP contribution < -0.4 is 4.74 Å². The van der Waals surface area contributed by atoms with Crippen LogP contribution in [0.4, 0.5) is 0 Å². The minimum atomic E-state index is -0.465. The minimum Gasteiger partial charge on any atom is -0.491 e. The van der Waals surface area contributed by atoms with Gasteiger partial charge in [0.25, 0.3) is 0 Å². The van der Waals surface area contributed by atoms with Gasteiger partial charge in [-0.25, -0.2) is 0 Å². The van der Waals surface area contributed by atoms with Crippen LogP contribution >= 0.6 is 0 Å². The van der Waals surface area contributed by atoms with Crippen LogP contribution in [0.15, 0.2) is 24.3 Å². The first-order valence-electron chi connectivity index (χ1n) is 5.57. The van der Waals surface area contributed by atoms with Crippen LogP contribution in [-0.2, 0) is 14.3 Å². The van der Waals surface area contributed by atoms with E-state index in [-0.39, 0.29) is 12.5 Å². The van der Waals surface area contributed by atoms with Crippen molar-refractivity contribution in [2.45, 2.75) is 32.3 Å². The Morgan fingerprint density at radius 1 is 1.24 bits per heavy atom. The molecule has 4 heteroatoms. The maximum atomic E-state index is 11.4. The van der Waals surface area contributed by atoms with Crippen molar-refractivity contribution in [2.75, 3.05) is 0 Å². The van der Waals surface area contributed by atoms with Gasteiger partial charge in [-0.05, 0) is 31.5 Å². The molecule has 0 radical (unpaired) electrons. The van der Waals surface area contributed by atoms with Crippen LogP contribution in [0, 0.1) is 0 Å². The Hall–Kier alpha value is -1.84. The summed E-state index contributed by atoms with van der Waals surface area (Å²) in [4.78, 5) is 22.4. The second-order valence-corrected chi connectivity index (χ2v) is 4.29. The van der Waals surface area contributed by atoms with Crippen LogP contribution in [0.25, 0.3) is 0 Å². The number of cyclic esters (lactones) is 2. The van der Waals surface area contributed by atoms with Gasteiger partial charge in [0.2, 0.25) is 0 Å². The van der Waals surface area contributed by atoms with Crippen molar-refractivity contribution < 1.29 is 19.1 Å². The largest absolute Gasteiger partial charge is 0.491 e. The molecule has 0 amide bonds. The molecule has 0 bridgehead atoms. The van der Waals surface area contributed by atoms with Crippen molar-refractivity contribution in [3.8, 4) is 5.75 Å². The summed E-state index contributed by atoms with van der Waals surface area (Å²) in [5.41, 5.74) is 0.789. The third-order valence-electron chi connectivity index (χ3n) is 2.52. The number of rotatable bonds is 3. The van der Waals surface area contributed by atoms with E-state index in [9.17, 15) is 9.59 Å². The standard InChI is InChI=1S/C13H14O4/c1-8(2)16-10-5-3-9(4-6-10)11-7-12(14)17-13(11)15/h3-6,8,11H,7H2,1-2H3. The molecule has 4 nitrogen and oxygen atoms in total. The molecule has 17 heavy (non-hydrogen) atoms. The first-order chi connectivity index (χ1) is 8.06. The van der Waals surface area contributed by atoms with Crippen molar-refractivity contribution >= 4 is 11.9 Å². The summed E-state index contributed by atoms with van der Waals surface area (Å²) in [6.07, 6.45) is 0.238. The summed E-state index contributed by atoms with van der Waals surface area (Å²) in [5.74, 6) is -0.632. The molecular formula is C13H14O4. The van der Waals surface area contributed by atoms with Crippen LogP contribution in [0.5, 0.6) is 5.75 Å². The van der Waals surface area contributed by atoms with E-state index in [1.807, 2.05) is 13.8 Å². The number of esters is 2. The summed E-state index contributed by atoms with van der Waals surface area (Å²) >= 11 is 0. The van der Waals surface area contributed by atoms with Crippen LogP contribution in [0.3, 0.4) is 0 Å². The van der Waals surface area contributed by atoms with Gasteiger partial charge in [-0.2, -0.15) is 0 Å². The molecule has 0 aromatic heterocycles. The lowest BCUT2D eigenvalue weighted by atomic mass is 9.98. The quantitative estimate of drug-likeness (QED) is 0.593. The average Bonchev–Trinajstić information content (AvgIpc) is 2.58. The first kappa shape index (κ1) is 11.6. The van der Waals surface area contributed by atoms with E-state index in [1.165, 1.54) is 0 Å². The summed E-state index contributed by atoms with van der Waals surface area (Å²) in [6.45, 7) is 3.89. The van der Waals surface area contributed by atoms with Crippen molar-refractivity contribution in [1.29, 1.82) is 0 Å². The fourth-order valence-corrected chi connectivity index (χ4v) is 1.78. The number of carbonyl (C=O) groups excluding carboxylic acids is 2. The van der Waals surface area contributed by atoms with Crippen LogP contribution in [0.1, 0.15) is 31.7 Å². The van der Waals surface area contributed by atoms with Gasteiger partial charge in [-0.1, -0.05) is 12.1 Å². The van der Waals surface area contributed by atoms with Crippen molar-refractivity contribution in [3.63, 3.8) is 0 Å². The van der Waals surface area contributed by atoms with Crippen molar-refractivity contribution in [1.82, 2.24) is 0 Å². The predicted molar refractivity (Wildman–Crippen MR) is 60.7 cm³/mol. The molecular weight excluding hydrogens is 220 g/mol. The second kappa shape index (κ2) is 4.57. The third kappa shape index (κ3) is 2.64. The second-order valence-electron chi connectivity index (χ2n) is 4.29. The molecule has 1 saturated heterocycles. The molecule has 90 valence electrons. The Balaban J connectivity index is 2.13. The Morgan fingerprint density at radius 2 is 1.88 bits per heavy atom. The van der Waals surface area contributed by atoms with E-state index in [2.05, 4.69) is 4.74 Å². The van der Waals surface area contributed by atoms with E-state index in [1.54, 1.807) is 24.3 Å². The fraction of sp³-hybridized carbons (Fsp3) is 0.385. The molecule has 1 unspecified atom stereocenters.